The zero-order valence-corrected chi connectivity index (χ0v) is 16.7. The van der Waals surface area contributed by atoms with Gasteiger partial charge in [0.1, 0.15) is 4.90 Å². The maximum absolute atomic E-state index is 12.5. The van der Waals surface area contributed by atoms with E-state index in [9.17, 15) is 13.2 Å². The van der Waals surface area contributed by atoms with E-state index in [1.54, 1.807) is 42.5 Å². The summed E-state index contributed by atoms with van der Waals surface area (Å²) in [4.78, 5) is 12.7. The van der Waals surface area contributed by atoms with Crippen LogP contribution in [-0.4, -0.2) is 20.2 Å². The Labute approximate surface area is 169 Å². The third-order valence-corrected chi connectivity index (χ3v) is 6.23. The minimum atomic E-state index is -3.68. The second-order valence-electron chi connectivity index (χ2n) is 6.82. The number of nitrogens with zero attached hydrogens (tertiary/aromatic N) is 1. The van der Waals surface area contributed by atoms with E-state index in [1.165, 1.54) is 6.07 Å². The second kappa shape index (κ2) is 7.18. The van der Waals surface area contributed by atoms with Gasteiger partial charge in [0.2, 0.25) is 0 Å². The van der Waals surface area contributed by atoms with Crippen molar-refractivity contribution >= 4 is 33.1 Å². The molecule has 1 heterocycles. The highest BCUT2D eigenvalue weighted by Gasteiger charge is 2.28. The lowest BCUT2D eigenvalue weighted by Crippen LogP contribution is -2.14. The van der Waals surface area contributed by atoms with Gasteiger partial charge in [0.15, 0.2) is 5.84 Å². The zero-order valence-electron chi connectivity index (χ0n) is 15.9. The maximum atomic E-state index is 12.5. The summed E-state index contributed by atoms with van der Waals surface area (Å²) in [6.07, 6.45) is 0. The van der Waals surface area contributed by atoms with Crippen LogP contribution in [0.15, 0.2) is 76.0 Å². The number of benzene rings is 3. The summed E-state index contributed by atoms with van der Waals surface area (Å²) in [5, 5.41) is 5.95. The van der Waals surface area contributed by atoms with E-state index in [4.69, 9.17) is 0 Å². The van der Waals surface area contributed by atoms with Crippen LogP contribution < -0.4 is 10.6 Å². The van der Waals surface area contributed by atoms with Crippen LogP contribution in [0.3, 0.4) is 0 Å². The summed E-state index contributed by atoms with van der Waals surface area (Å²) in [6.45, 7) is 3.96. The first-order valence-electron chi connectivity index (χ1n) is 9.04. The van der Waals surface area contributed by atoms with Gasteiger partial charge in [0.25, 0.3) is 15.9 Å². The van der Waals surface area contributed by atoms with Crippen LogP contribution >= 0.6 is 0 Å². The SMILES string of the molecule is Cc1cccc(NC(=O)c2ccc(NC3=NS(=O)(=O)c4ccccc43)cc2)c1C. The number of carbonyl (C=O) groups excluding carboxylic acids is 1. The van der Waals surface area contributed by atoms with Gasteiger partial charge < -0.3 is 10.6 Å². The first-order valence-corrected chi connectivity index (χ1v) is 10.5. The van der Waals surface area contributed by atoms with Gasteiger partial charge >= 0.3 is 0 Å². The Hall–Kier alpha value is -3.45. The van der Waals surface area contributed by atoms with E-state index in [0.717, 1.165) is 16.8 Å². The molecule has 0 atom stereocenters. The predicted octanol–water partition coefficient (Wildman–Crippen LogP) is 4.12. The molecule has 0 spiro atoms. The Morgan fingerprint density at radius 3 is 2.38 bits per heavy atom. The fourth-order valence-corrected chi connectivity index (χ4v) is 4.29. The Bertz CT molecular complexity index is 1250. The number of amides is 1. The number of anilines is 2. The molecule has 0 saturated carbocycles. The summed E-state index contributed by atoms with van der Waals surface area (Å²) < 4.78 is 28.1. The first-order chi connectivity index (χ1) is 13.8. The molecule has 1 aliphatic rings. The molecule has 6 nitrogen and oxygen atoms in total. The van der Waals surface area contributed by atoms with Crippen LogP contribution in [0.1, 0.15) is 27.0 Å². The molecule has 7 heteroatoms. The zero-order chi connectivity index (χ0) is 20.6. The molecule has 0 saturated heterocycles. The highest BCUT2D eigenvalue weighted by molar-refractivity contribution is 7.90. The molecule has 1 amide bonds. The summed E-state index contributed by atoms with van der Waals surface area (Å²) in [5.74, 6) is 0.0598. The standard InChI is InChI=1S/C22H19N3O3S/c1-14-6-5-8-19(15(14)2)24-22(26)16-10-12-17(13-11-16)23-21-18-7-3-4-9-20(18)29(27,28)25-21/h3-13H,1-2H3,(H,23,25)(H,24,26). The third kappa shape index (κ3) is 3.64. The summed E-state index contributed by atoms with van der Waals surface area (Å²) >= 11 is 0. The molecular formula is C22H19N3O3S. The minimum absolute atomic E-state index is 0.187. The number of sulfonamides is 1. The van der Waals surface area contributed by atoms with Crippen molar-refractivity contribution in [1.29, 1.82) is 0 Å². The van der Waals surface area contributed by atoms with Crippen molar-refractivity contribution in [3.63, 3.8) is 0 Å². The number of fused-ring (bicyclic) bond motifs is 1. The Balaban J connectivity index is 1.52. The molecule has 0 radical (unpaired) electrons. The number of hydrogen-bond donors (Lipinski definition) is 2. The molecule has 0 bridgehead atoms. The Kier molecular flexibility index (Phi) is 4.68. The summed E-state index contributed by atoms with van der Waals surface area (Å²) in [5.41, 5.74) is 4.58. The predicted molar refractivity (Wildman–Crippen MR) is 114 cm³/mol. The van der Waals surface area contributed by atoms with Crippen molar-refractivity contribution in [2.75, 3.05) is 10.6 Å². The highest BCUT2D eigenvalue weighted by Crippen LogP contribution is 2.27. The van der Waals surface area contributed by atoms with E-state index in [2.05, 4.69) is 15.0 Å². The number of carbonyl (C=O) groups is 1. The largest absolute Gasteiger partial charge is 0.339 e. The number of rotatable bonds is 3. The van der Waals surface area contributed by atoms with Gasteiger partial charge in [-0.2, -0.15) is 8.42 Å². The lowest BCUT2D eigenvalue weighted by atomic mass is 10.1. The average molecular weight is 405 g/mol. The molecule has 0 aromatic heterocycles. The van der Waals surface area contributed by atoms with Crippen LogP contribution in [0.4, 0.5) is 11.4 Å². The van der Waals surface area contributed by atoms with Gasteiger partial charge in [-0.05, 0) is 67.4 Å². The van der Waals surface area contributed by atoms with E-state index in [0.29, 0.717) is 16.8 Å². The van der Waals surface area contributed by atoms with E-state index < -0.39 is 10.0 Å². The fourth-order valence-electron chi connectivity index (χ4n) is 3.12. The van der Waals surface area contributed by atoms with Crippen LogP contribution in [-0.2, 0) is 10.0 Å². The molecule has 0 aliphatic carbocycles. The summed E-state index contributed by atoms with van der Waals surface area (Å²) in [6, 6.07) is 19.2. The van der Waals surface area contributed by atoms with Crippen molar-refractivity contribution in [1.82, 2.24) is 0 Å². The van der Waals surface area contributed by atoms with E-state index in [1.807, 2.05) is 32.0 Å². The van der Waals surface area contributed by atoms with Crippen LogP contribution in [0.25, 0.3) is 0 Å². The minimum Gasteiger partial charge on any atom is -0.339 e. The monoisotopic (exact) mass is 405 g/mol. The molecule has 3 aromatic rings. The fraction of sp³-hybridized carbons (Fsp3) is 0.0909. The van der Waals surface area contributed by atoms with Crippen molar-refractivity contribution < 1.29 is 13.2 Å². The lowest BCUT2D eigenvalue weighted by molar-refractivity contribution is 0.102. The Morgan fingerprint density at radius 2 is 1.62 bits per heavy atom. The molecule has 2 N–H and O–H groups in total. The molecule has 4 rings (SSSR count). The van der Waals surface area contributed by atoms with E-state index in [-0.39, 0.29) is 16.6 Å². The van der Waals surface area contributed by atoms with Crippen LogP contribution in [0, 0.1) is 13.8 Å². The molecular weight excluding hydrogens is 386 g/mol. The number of nitrogens with one attached hydrogen (secondary N) is 2. The van der Waals surface area contributed by atoms with Gasteiger partial charge in [0, 0.05) is 22.5 Å². The Morgan fingerprint density at radius 1 is 0.897 bits per heavy atom. The molecule has 3 aromatic carbocycles. The van der Waals surface area contributed by atoms with Crippen molar-refractivity contribution in [2.24, 2.45) is 4.40 Å². The number of hydrogen-bond acceptors (Lipinski definition) is 4. The third-order valence-electron chi connectivity index (χ3n) is 4.89. The van der Waals surface area contributed by atoms with Gasteiger partial charge in [-0.1, -0.05) is 24.3 Å². The smallest absolute Gasteiger partial charge is 0.285 e. The van der Waals surface area contributed by atoms with Gasteiger partial charge in [-0.25, -0.2) is 0 Å². The highest BCUT2D eigenvalue weighted by atomic mass is 32.2. The first kappa shape index (κ1) is 18.9. The van der Waals surface area contributed by atoms with Crippen molar-refractivity contribution in [3.05, 3.63) is 89.0 Å². The molecule has 1 aliphatic heterocycles. The van der Waals surface area contributed by atoms with Crippen LogP contribution in [0.5, 0.6) is 0 Å². The number of amidine groups is 1. The summed E-state index contributed by atoms with van der Waals surface area (Å²) in [7, 11) is -3.68. The van der Waals surface area contributed by atoms with Crippen LogP contribution in [0.2, 0.25) is 0 Å². The maximum Gasteiger partial charge on any atom is 0.285 e. The van der Waals surface area contributed by atoms with Gasteiger partial charge in [-0.15, -0.1) is 4.40 Å². The number of aryl methyl sites for hydroxylation is 1. The lowest BCUT2D eigenvalue weighted by Gasteiger charge is -2.11. The topological polar surface area (TPSA) is 87.6 Å². The molecule has 0 unspecified atom stereocenters. The van der Waals surface area contributed by atoms with Gasteiger partial charge in [-0.3, -0.25) is 4.79 Å². The average Bonchev–Trinajstić information content (AvgIpc) is 2.96. The second-order valence-corrected chi connectivity index (χ2v) is 8.39. The van der Waals surface area contributed by atoms with Gasteiger partial charge in [0.05, 0.1) is 0 Å². The van der Waals surface area contributed by atoms with E-state index >= 15 is 0 Å². The van der Waals surface area contributed by atoms with Crippen molar-refractivity contribution in [3.8, 4) is 0 Å². The normalized spacial score (nSPS) is 14.1. The quantitative estimate of drug-likeness (QED) is 0.686. The molecule has 0 fully saturated rings. The van der Waals surface area contributed by atoms with Crippen molar-refractivity contribution in [2.45, 2.75) is 18.7 Å². The molecule has 146 valence electrons. The molecule has 29 heavy (non-hydrogen) atoms.